The molecule has 0 bridgehead atoms. The molecule has 3 rings (SSSR count). The fraction of sp³-hybridized carbons (Fsp3) is 0.417. The number of hydrogen-bond acceptors (Lipinski definition) is 5. The predicted molar refractivity (Wildman–Crippen MR) is 117 cm³/mol. The molecule has 1 aliphatic rings. The van der Waals surface area contributed by atoms with E-state index < -0.39 is 0 Å². The van der Waals surface area contributed by atoms with E-state index in [4.69, 9.17) is 9.47 Å². The molecule has 2 aromatic carbocycles. The van der Waals surface area contributed by atoms with Crippen molar-refractivity contribution in [2.45, 2.75) is 19.0 Å². The summed E-state index contributed by atoms with van der Waals surface area (Å²) >= 11 is 0. The van der Waals surface area contributed by atoms with Gasteiger partial charge in [-0.2, -0.15) is 0 Å². The molecule has 1 N–H and O–H groups in total. The lowest BCUT2D eigenvalue weighted by Crippen LogP contribution is -2.52. The SMILES string of the molecule is COc1cc(CN2CCN(CC=Cc3ccccc3)CC2CCO)cc(OC)c1. The molecule has 0 saturated carbocycles. The van der Waals surface area contributed by atoms with Gasteiger partial charge in [0.2, 0.25) is 0 Å². The summed E-state index contributed by atoms with van der Waals surface area (Å²) in [6.07, 6.45) is 5.18. The number of methoxy groups -OCH3 is 2. The van der Waals surface area contributed by atoms with E-state index in [1.54, 1.807) is 14.2 Å². The minimum Gasteiger partial charge on any atom is -0.497 e. The van der Waals surface area contributed by atoms with E-state index in [2.05, 4.69) is 58.4 Å². The van der Waals surface area contributed by atoms with Crippen LogP contribution in [0.3, 0.4) is 0 Å². The van der Waals surface area contributed by atoms with Gasteiger partial charge in [-0.05, 0) is 29.7 Å². The highest BCUT2D eigenvalue weighted by Crippen LogP contribution is 2.25. The average molecular weight is 397 g/mol. The molecule has 0 spiro atoms. The van der Waals surface area contributed by atoms with E-state index in [0.29, 0.717) is 6.04 Å². The van der Waals surface area contributed by atoms with Gasteiger partial charge in [-0.15, -0.1) is 0 Å². The van der Waals surface area contributed by atoms with Crippen molar-refractivity contribution in [3.8, 4) is 11.5 Å². The highest BCUT2D eigenvalue weighted by Gasteiger charge is 2.26. The molecule has 5 nitrogen and oxygen atoms in total. The van der Waals surface area contributed by atoms with Crippen LogP contribution in [0.4, 0.5) is 0 Å². The summed E-state index contributed by atoms with van der Waals surface area (Å²) in [5.74, 6) is 1.62. The largest absolute Gasteiger partial charge is 0.497 e. The van der Waals surface area contributed by atoms with Crippen LogP contribution in [0.15, 0.2) is 54.6 Å². The molecule has 1 saturated heterocycles. The van der Waals surface area contributed by atoms with Crippen molar-refractivity contribution in [3.05, 3.63) is 65.7 Å². The summed E-state index contributed by atoms with van der Waals surface area (Å²) in [4.78, 5) is 4.92. The van der Waals surface area contributed by atoms with E-state index in [9.17, 15) is 5.11 Å². The molecule has 29 heavy (non-hydrogen) atoms. The number of piperazine rings is 1. The molecule has 1 unspecified atom stereocenters. The van der Waals surface area contributed by atoms with Crippen LogP contribution in [0.2, 0.25) is 0 Å². The van der Waals surface area contributed by atoms with Crippen molar-refractivity contribution in [1.82, 2.24) is 9.80 Å². The van der Waals surface area contributed by atoms with E-state index in [1.807, 2.05) is 12.1 Å². The number of ether oxygens (including phenoxy) is 2. The Labute approximate surface area is 174 Å². The number of nitrogens with zero attached hydrogens (tertiary/aromatic N) is 2. The maximum atomic E-state index is 9.58. The molecule has 0 aromatic heterocycles. The van der Waals surface area contributed by atoms with Gasteiger partial charge in [-0.1, -0.05) is 42.5 Å². The average Bonchev–Trinajstić information content (AvgIpc) is 2.76. The van der Waals surface area contributed by atoms with Crippen LogP contribution in [0.5, 0.6) is 11.5 Å². The van der Waals surface area contributed by atoms with E-state index >= 15 is 0 Å². The molecule has 0 amide bonds. The highest BCUT2D eigenvalue weighted by atomic mass is 16.5. The van der Waals surface area contributed by atoms with Crippen LogP contribution in [0.25, 0.3) is 6.08 Å². The van der Waals surface area contributed by atoms with Gasteiger partial charge in [-0.25, -0.2) is 0 Å². The monoisotopic (exact) mass is 396 g/mol. The third-order valence-electron chi connectivity index (χ3n) is 5.42. The summed E-state index contributed by atoms with van der Waals surface area (Å²) in [6, 6.07) is 16.7. The van der Waals surface area contributed by atoms with Gasteiger partial charge in [0, 0.05) is 51.4 Å². The van der Waals surface area contributed by atoms with Crippen molar-refractivity contribution in [3.63, 3.8) is 0 Å². The summed E-state index contributed by atoms with van der Waals surface area (Å²) < 4.78 is 10.8. The Hall–Kier alpha value is -2.34. The van der Waals surface area contributed by atoms with Gasteiger partial charge in [0.25, 0.3) is 0 Å². The summed E-state index contributed by atoms with van der Waals surface area (Å²) in [5, 5.41) is 9.58. The Morgan fingerprint density at radius 1 is 1.03 bits per heavy atom. The third-order valence-corrected chi connectivity index (χ3v) is 5.42. The molecule has 1 heterocycles. The molecule has 1 fully saturated rings. The van der Waals surface area contributed by atoms with Gasteiger partial charge < -0.3 is 14.6 Å². The third kappa shape index (κ3) is 6.32. The van der Waals surface area contributed by atoms with Crippen LogP contribution in [0, 0.1) is 0 Å². The Bertz CT molecular complexity index is 757. The maximum absolute atomic E-state index is 9.58. The first-order valence-electron chi connectivity index (χ1n) is 10.2. The number of rotatable bonds is 9. The molecule has 1 aliphatic heterocycles. The second-order valence-electron chi connectivity index (χ2n) is 7.43. The quantitative estimate of drug-likeness (QED) is 0.705. The van der Waals surface area contributed by atoms with Crippen molar-refractivity contribution < 1.29 is 14.6 Å². The second-order valence-corrected chi connectivity index (χ2v) is 7.43. The minimum atomic E-state index is 0.205. The smallest absolute Gasteiger partial charge is 0.122 e. The zero-order valence-electron chi connectivity index (χ0n) is 17.5. The van der Waals surface area contributed by atoms with Gasteiger partial charge in [-0.3, -0.25) is 9.80 Å². The van der Waals surface area contributed by atoms with Crippen molar-refractivity contribution >= 4 is 6.08 Å². The first kappa shape index (κ1) is 21.4. The van der Waals surface area contributed by atoms with Crippen LogP contribution < -0.4 is 9.47 Å². The summed E-state index contributed by atoms with van der Waals surface area (Å²) in [7, 11) is 3.35. The van der Waals surface area contributed by atoms with Gasteiger partial charge in [0.15, 0.2) is 0 Å². The minimum absolute atomic E-state index is 0.205. The Balaban J connectivity index is 1.61. The fourth-order valence-electron chi connectivity index (χ4n) is 3.85. The lowest BCUT2D eigenvalue weighted by Gasteiger charge is -2.41. The molecular formula is C24H32N2O3. The normalized spacial score (nSPS) is 18.2. The lowest BCUT2D eigenvalue weighted by molar-refractivity contribution is 0.0596. The number of benzene rings is 2. The standard InChI is InChI=1S/C24H32N2O3/c1-28-23-15-21(16-24(17-23)29-2)18-26-13-12-25(19-22(26)10-14-27)11-6-9-20-7-4-3-5-8-20/h3-9,15-17,22,27H,10-14,18-19H2,1-2H3. The van der Waals surface area contributed by atoms with E-state index in [0.717, 1.165) is 50.6 Å². The number of aliphatic hydroxyl groups is 1. The molecule has 1 atom stereocenters. The molecular weight excluding hydrogens is 364 g/mol. The maximum Gasteiger partial charge on any atom is 0.122 e. The molecule has 0 aliphatic carbocycles. The first-order valence-corrected chi connectivity index (χ1v) is 10.2. The summed E-state index contributed by atoms with van der Waals surface area (Å²) in [5.41, 5.74) is 2.39. The van der Waals surface area contributed by atoms with Crippen LogP contribution in [-0.2, 0) is 6.54 Å². The number of hydrogen-bond donors (Lipinski definition) is 1. The van der Waals surface area contributed by atoms with E-state index in [1.165, 1.54) is 11.1 Å². The number of aliphatic hydroxyl groups excluding tert-OH is 1. The molecule has 156 valence electrons. The van der Waals surface area contributed by atoms with Crippen LogP contribution in [-0.4, -0.2) is 68.0 Å². The van der Waals surface area contributed by atoms with Crippen molar-refractivity contribution in [1.29, 1.82) is 0 Å². The fourth-order valence-corrected chi connectivity index (χ4v) is 3.85. The van der Waals surface area contributed by atoms with Gasteiger partial charge in [0.05, 0.1) is 14.2 Å². The predicted octanol–water partition coefficient (Wildman–Crippen LogP) is 3.29. The van der Waals surface area contributed by atoms with Gasteiger partial charge in [0.1, 0.15) is 11.5 Å². The second kappa shape index (κ2) is 11.0. The lowest BCUT2D eigenvalue weighted by atomic mass is 10.1. The zero-order chi connectivity index (χ0) is 20.5. The molecule has 5 heteroatoms. The Morgan fingerprint density at radius 3 is 2.41 bits per heavy atom. The van der Waals surface area contributed by atoms with Crippen LogP contribution >= 0.6 is 0 Å². The van der Waals surface area contributed by atoms with Crippen molar-refractivity contribution in [2.24, 2.45) is 0 Å². The van der Waals surface area contributed by atoms with E-state index in [-0.39, 0.29) is 6.61 Å². The topological polar surface area (TPSA) is 45.2 Å². The zero-order valence-corrected chi connectivity index (χ0v) is 17.5. The molecule has 2 aromatic rings. The Morgan fingerprint density at radius 2 is 1.76 bits per heavy atom. The highest BCUT2D eigenvalue weighted by molar-refractivity contribution is 5.48. The van der Waals surface area contributed by atoms with Gasteiger partial charge >= 0.3 is 0 Å². The van der Waals surface area contributed by atoms with Crippen molar-refractivity contribution in [2.75, 3.05) is 47.0 Å². The summed E-state index contributed by atoms with van der Waals surface area (Å²) in [6.45, 7) is 4.91. The Kier molecular flexibility index (Phi) is 8.11. The first-order chi connectivity index (χ1) is 14.2. The molecule has 0 radical (unpaired) electrons. The van der Waals surface area contributed by atoms with Crippen LogP contribution in [0.1, 0.15) is 17.5 Å².